The fourth-order valence-corrected chi connectivity index (χ4v) is 0.974. The maximum Gasteiger partial charge on any atom is 0 e. The van der Waals surface area contributed by atoms with Crippen LogP contribution in [0.2, 0.25) is 0 Å². The third-order valence-corrected chi connectivity index (χ3v) is 1.70. The summed E-state index contributed by atoms with van der Waals surface area (Å²) in [6, 6.07) is 22.0. The molecule has 0 heterocycles. The second-order valence-corrected chi connectivity index (χ2v) is 2.77. The van der Waals surface area contributed by atoms with Gasteiger partial charge in [0.1, 0.15) is 0 Å². The van der Waals surface area contributed by atoms with E-state index >= 15 is 0 Å². The van der Waals surface area contributed by atoms with Gasteiger partial charge in [-0.15, -0.1) is 13.2 Å². The average molecular weight is 274 g/mol. The molecule has 0 bridgehead atoms. The molecular weight excluding hydrogens is 256 g/mol. The second-order valence-electron chi connectivity index (χ2n) is 2.77. The van der Waals surface area contributed by atoms with Gasteiger partial charge in [-0.25, -0.2) is 0 Å². The topological polar surface area (TPSA) is 68.3 Å². The minimum absolute atomic E-state index is 1.17. The molecule has 0 saturated heterocycles. The van der Waals surface area contributed by atoms with Gasteiger partial charge in [-0.3, -0.25) is 0 Å². The molecule has 0 N–H and O–H groups in total. The van der Waals surface area contributed by atoms with Crippen molar-refractivity contribution in [3.05, 3.63) is 112 Å². The minimum Gasteiger partial charge on any atom is -0.106 e. The summed E-state index contributed by atoms with van der Waals surface area (Å²) in [6.45, 7) is 9.63. The monoisotopic (exact) mass is 274 g/mol. The van der Waals surface area contributed by atoms with Crippen molar-refractivity contribution in [2.45, 2.75) is 0 Å². The molecule has 0 saturated carbocycles. The Morgan fingerprint density at radius 2 is 0.850 bits per heavy atom. The van der Waals surface area contributed by atoms with Gasteiger partial charge in [0, 0.05) is 19.9 Å². The largest absolute Gasteiger partial charge is 0.106 e. The van der Waals surface area contributed by atoms with E-state index in [-0.39, 0.29) is 0 Å². The van der Waals surface area contributed by atoms with Gasteiger partial charge in [0.15, 0.2) is 0 Å². The summed E-state index contributed by atoms with van der Waals surface area (Å²) in [7, 11) is 0. The first-order valence-electron chi connectivity index (χ1n) is 5.44. The molecule has 0 amide bonds. The number of hydrogen-bond acceptors (Lipinski definition) is 4. The molecule has 0 spiro atoms. The zero-order valence-corrected chi connectivity index (χ0v) is 11.2. The maximum absolute atomic E-state index is 7.00. The van der Waals surface area contributed by atoms with Crippen molar-refractivity contribution >= 4 is 6.08 Å². The van der Waals surface area contributed by atoms with Crippen LogP contribution in [0.4, 0.5) is 0 Å². The summed E-state index contributed by atoms with van der Waals surface area (Å²) in [5, 5.41) is 0. The van der Waals surface area contributed by atoms with Gasteiger partial charge < -0.3 is 0 Å². The maximum atomic E-state index is 7.00. The van der Waals surface area contributed by atoms with Crippen molar-refractivity contribution in [3.63, 3.8) is 0 Å². The Bertz CT molecular complexity index is 358. The zero-order valence-electron chi connectivity index (χ0n) is 11.2. The van der Waals surface area contributed by atoms with Gasteiger partial charge in [-0.1, -0.05) is 79.4 Å². The highest BCUT2D eigenvalue weighted by molar-refractivity contribution is 5.45. The van der Waals surface area contributed by atoms with Crippen LogP contribution in [-0.2, 0) is 0 Å². The van der Waals surface area contributed by atoms with Crippen molar-refractivity contribution < 1.29 is 0 Å². The summed E-state index contributed by atoms with van der Waals surface area (Å²) < 4.78 is 0. The number of rotatable bonds is 1. The van der Waals surface area contributed by atoms with E-state index in [4.69, 9.17) is 19.9 Å². The fraction of sp³-hybridized carbons (Fsp3) is 0. The molecule has 2 rings (SSSR count). The SMILES string of the molecule is C=C.C=Cc1ccccc1.O=O.O=O.c1ccccc1. The Hall–Kier alpha value is -2.88. The van der Waals surface area contributed by atoms with E-state index < -0.39 is 0 Å². The standard InChI is InChI=1S/C8H8.C6H6.C2H4.2O2/c1-2-8-6-4-3-5-7-8;1-2-4-6-5-3-1;3*1-2/h2-7H,1H2;1-6H;1-2H2;;. The van der Waals surface area contributed by atoms with Gasteiger partial charge in [-0.05, 0) is 5.56 Å². The summed E-state index contributed by atoms with van der Waals surface area (Å²) >= 11 is 0. The van der Waals surface area contributed by atoms with Crippen LogP contribution in [0.5, 0.6) is 0 Å². The van der Waals surface area contributed by atoms with E-state index in [9.17, 15) is 0 Å². The Balaban J connectivity index is -0.000000215. The van der Waals surface area contributed by atoms with Gasteiger partial charge in [-0.2, -0.15) is 0 Å². The molecule has 0 aliphatic heterocycles. The van der Waals surface area contributed by atoms with Crippen LogP contribution >= 0.6 is 0 Å². The predicted molar refractivity (Wildman–Crippen MR) is 87.7 cm³/mol. The van der Waals surface area contributed by atoms with Crippen LogP contribution in [-0.4, -0.2) is 0 Å². The van der Waals surface area contributed by atoms with Crippen molar-refractivity contribution in [2.75, 3.05) is 0 Å². The Kier molecular flexibility index (Phi) is 28.0. The molecule has 0 fully saturated rings. The van der Waals surface area contributed by atoms with E-state index in [1.54, 1.807) is 0 Å². The molecule has 0 atom stereocenters. The third kappa shape index (κ3) is 17.5. The molecule has 0 aliphatic rings. The normalized spacial score (nSPS) is 6.40. The summed E-state index contributed by atoms with van der Waals surface area (Å²) in [5.74, 6) is 0. The lowest BCUT2D eigenvalue weighted by atomic mass is 10.2. The quantitative estimate of drug-likeness (QED) is 0.690. The predicted octanol–water partition coefficient (Wildman–Crippen LogP) is 4.95. The Morgan fingerprint density at radius 1 is 0.600 bits per heavy atom. The van der Waals surface area contributed by atoms with Crippen LogP contribution in [0.15, 0.2) is 86.5 Å². The van der Waals surface area contributed by atoms with E-state index in [1.807, 2.05) is 72.8 Å². The first kappa shape index (κ1) is 22.3. The average Bonchev–Trinajstić information content (AvgIpc) is 2.63. The second kappa shape index (κ2) is 25.1. The van der Waals surface area contributed by atoms with Crippen molar-refractivity contribution in [2.24, 2.45) is 0 Å². The van der Waals surface area contributed by atoms with E-state index in [0.29, 0.717) is 0 Å². The summed E-state index contributed by atoms with van der Waals surface area (Å²) in [6.07, 6.45) is 1.83. The van der Waals surface area contributed by atoms with E-state index in [0.717, 1.165) is 0 Å². The molecule has 4 nitrogen and oxygen atoms in total. The summed E-state index contributed by atoms with van der Waals surface area (Å²) in [4.78, 5) is 28.0. The molecule has 20 heavy (non-hydrogen) atoms. The minimum atomic E-state index is 1.17. The first-order valence-corrected chi connectivity index (χ1v) is 5.44. The number of benzene rings is 2. The van der Waals surface area contributed by atoms with Crippen LogP contribution in [0.25, 0.3) is 6.08 Å². The van der Waals surface area contributed by atoms with Crippen molar-refractivity contribution in [3.8, 4) is 0 Å². The van der Waals surface area contributed by atoms with Crippen LogP contribution in [0, 0.1) is 19.9 Å². The van der Waals surface area contributed by atoms with Crippen LogP contribution < -0.4 is 0 Å². The smallest absolute Gasteiger partial charge is 0 e. The highest BCUT2D eigenvalue weighted by Crippen LogP contribution is 1.97. The molecule has 0 unspecified atom stereocenters. The van der Waals surface area contributed by atoms with Crippen molar-refractivity contribution in [1.29, 1.82) is 0 Å². The van der Waals surface area contributed by atoms with Gasteiger partial charge in [0.2, 0.25) is 0 Å². The first-order chi connectivity index (χ1) is 9.93. The zero-order chi connectivity index (χ0) is 16.1. The van der Waals surface area contributed by atoms with E-state index in [1.165, 1.54) is 5.56 Å². The Labute approximate surface area is 118 Å². The highest BCUT2D eigenvalue weighted by Gasteiger charge is 1.75. The lowest BCUT2D eigenvalue weighted by Gasteiger charge is -1.85. The fourth-order valence-electron chi connectivity index (χ4n) is 0.974. The molecule has 2 aromatic rings. The molecule has 2 aromatic carbocycles. The molecule has 0 radical (unpaired) electrons. The van der Waals surface area contributed by atoms with Gasteiger partial charge in [0.05, 0.1) is 0 Å². The highest BCUT2D eigenvalue weighted by atomic mass is 16.7. The molecule has 4 heteroatoms. The van der Waals surface area contributed by atoms with Gasteiger partial charge >= 0.3 is 0 Å². The molecule has 106 valence electrons. The van der Waals surface area contributed by atoms with Crippen LogP contribution in [0.3, 0.4) is 0 Å². The number of hydrogen-bond donors (Lipinski definition) is 0. The third-order valence-electron chi connectivity index (χ3n) is 1.70. The van der Waals surface area contributed by atoms with Gasteiger partial charge in [0.25, 0.3) is 0 Å². The lowest BCUT2D eigenvalue weighted by molar-refractivity contribution is 1.67. The molecule has 0 aromatic heterocycles. The Morgan fingerprint density at radius 3 is 1.05 bits per heavy atom. The summed E-state index contributed by atoms with van der Waals surface area (Å²) in [5.41, 5.74) is 1.17. The lowest BCUT2D eigenvalue weighted by Crippen LogP contribution is -1.63. The van der Waals surface area contributed by atoms with Crippen molar-refractivity contribution in [1.82, 2.24) is 0 Å². The molecule has 0 aliphatic carbocycles. The van der Waals surface area contributed by atoms with E-state index in [2.05, 4.69) is 19.7 Å². The molecular formula is C16H18O4. The van der Waals surface area contributed by atoms with Crippen LogP contribution in [0.1, 0.15) is 5.56 Å².